The number of nitrogens with one attached hydrogen (secondary N) is 1. The van der Waals surface area contributed by atoms with Gasteiger partial charge >= 0.3 is 6.18 Å². The molecule has 0 radical (unpaired) electrons. The molecule has 0 bridgehead atoms. The smallest absolute Gasteiger partial charge is 0.311 e. The molecule has 1 aromatic rings. The molecule has 0 spiro atoms. The first kappa shape index (κ1) is 16.9. The first-order chi connectivity index (χ1) is 11.8. The normalized spacial score (nSPS) is 22.6. The summed E-state index contributed by atoms with van der Waals surface area (Å²) in [6.45, 7) is 0. The molecular weight excluding hydrogens is 331 g/mol. The average Bonchev–Trinajstić information content (AvgIpc) is 3.34. The zero-order chi connectivity index (χ0) is 17.8. The molecule has 1 heterocycles. The van der Waals surface area contributed by atoms with Crippen molar-refractivity contribution in [3.8, 4) is 0 Å². The summed E-state index contributed by atoms with van der Waals surface area (Å²) in [6, 6.07) is 0. The van der Waals surface area contributed by atoms with Crippen molar-refractivity contribution in [1.29, 1.82) is 0 Å². The molecule has 0 aliphatic heterocycles. The second-order valence-electron chi connectivity index (χ2n) is 8.11. The summed E-state index contributed by atoms with van der Waals surface area (Å²) in [5.41, 5.74) is 0.302. The number of rotatable bonds is 6. The maximum atomic E-state index is 13.1. The number of anilines is 1. The summed E-state index contributed by atoms with van der Waals surface area (Å²) in [5.74, 6) is 1.13. The molecule has 3 fully saturated rings. The number of nitrogens with zero attached hydrogens (tertiary/aromatic N) is 2. The second kappa shape index (κ2) is 5.74. The van der Waals surface area contributed by atoms with E-state index in [1.807, 2.05) is 0 Å². The van der Waals surface area contributed by atoms with E-state index in [-0.39, 0.29) is 12.8 Å². The maximum absolute atomic E-state index is 13.1. The summed E-state index contributed by atoms with van der Waals surface area (Å²) in [5, 5.41) is 7.36. The van der Waals surface area contributed by atoms with Crippen LogP contribution in [-0.2, 0) is 18.3 Å². The fourth-order valence-corrected chi connectivity index (χ4v) is 3.81. The first-order valence-electron chi connectivity index (χ1n) is 9.21. The van der Waals surface area contributed by atoms with Crippen LogP contribution in [0.1, 0.15) is 68.5 Å². The van der Waals surface area contributed by atoms with Crippen LogP contribution >= 0.6 is 0 Å². The van der Waals surface area contributed by atoms with Gasteiger partial charge in [-0.05, 0) is 56.8 Å². The molecule has 3 saturated carbocycles. The largest absolute Gasteiger partial charge is 0.395 e. The van der Waals surface area contributed by atoms with Gasteiger partial charge in [-0.1, -0.05) is 6.42 Å². The Hall–Kier alpha value is -1.53. The molecule has 1 amide bonds. The SMILES string of the molecule is Cn1nc(CC2CC2)c(C2CCC2)c1NC(=O)CC1(C(F)(F)F)CC1. The van der Waals surface area contributed by atoms with E-state index < -0.39 is 23.9 Å². The van der Waals surface area contributed by atoms with Crippen LogP contribution in [0.2, 0.25) is 0 Å². The lowest BCUT2D eigenvalue weighted by Gasteiger charge is -2.27. The molecule has 1 aromatic heterocycles. The highest BCUT2D eigenvalue weighted by molar-refractivity contribution is 5.91. The number of carbonyl (C=O) groups excluding carboxylic acids is 1. The molecule has 138 valence electrons. The summed E-state index contributed by atoms with van der Waals surface area (Å²) in [4.78, 5) is 12.3. The molecule has 0 unspecified atom stereocenters. The average molecular weight is 355 g/mol. The lowest BCUT2D eigenvalue weighted by molar-refractivity contribution is -0.189. The second-order valence-corrected chi connectivity index (χ2v) is 8.11. The van der Waals surface area contributed by atoms with Crippen LogP contribution in [0, 0.1) is 11.3 Å². The quantitative estimate of drug-likeness (QED) is 0.826. The Bertz CT molecular complexity index is 682. The first-order valence-corrected chi connectivity index (χ1v) is 9.21. The van der Waals surface area contributed by atoms with Crippen molar-refractivity contribution in [2.75, 3.05) is 5.32 Å². The van der Waals surface area contributed by atoms with E-state index in [0.29, 0.717) is 17.7 Å². The lowest BCUT2D eigenvalue weighted by atomic mass is 9.79. The van der Waals surface area contributed by atoms with E-state index in [1.165, 1.54) is 12.8 Å². The predicted molar refractivity (Wildman–Crippen MR) is 87.2 cm³/mol. The van der Waals surface area contributed by atoms with Gasteiger partial charge in [0.05, 0.1) is 11.1 Å². The van der Waals surface area contributed by atoms with Crippen molar-refractivity contribution in [1.82, 2.24) is 9.78 Å². The molecule has 3 aliphatic carbocycles. The zero-order valence-corrected chi connectivity index (χ0v) is 14.5. The van der Waals surface area contributed by atoms with Crippen molar-refractivity contribution in [2.45, 2.75) is 69.9 Å². The number of aryl methyl sites for hydroxylation is 1. The standard InChI is InChI=1S/C18H24F3N3O/c1-24-16(22-14(25)10-17(7-8-17)18(19,20)21)15(12-3-2-4-12)13(23-24)9-11-5-6-11/h11-12H,2-10H2,1H3,(H,22,25). The molecule has 25 heavy (non-hydrogen) atoms. The number of carbonyl (C=O) groups is 1. The Morgan fingerprint density at radius 1 is 1.28 bits per heavy atom. The Balaban J connectivity index is 1.53. The summed E-state index contributed by atoms with van der Waals surface area (Å²) >= 11 is 0. The highest BCUT2D eigenvalue weighted by Crippen LogP contribution is 2.60. The number of alkyl halides is 3. The summed E-state index contributed by atoms with van der Waals surface area (Å²) in [7, 11) is 1.77. The van der Waals surface area contributed by atoms with E-state index >= 15 is 0 Å². The van der Waals surface area contributed by atoms with Gasteiger partial charge < -0.3 is 5.32 Å². The van der Waals surface area contributed by atoms with Gasteiger partial charge in [0.1, 0.15) is 5.82 Å². The predicted octanol–water partition coefficient (Wildman–Crippen LogP) is 4.31. The van der Waals surface area contributed by atoms with Gasteiger partial charge in [-0.15, -0.1) is 0 Å². The summed E-state index contributed by atoms with van der Waals surface area (Å²) < 4.78 is 41.0. The lowest BCUT2D eigenvalue weighted by Crippen LogP contribution is -2.30. The molecule has 7 heteroatoms. The fraction of sp³-hybridized carbons (Fsp3) is 0.778. The van der Waals surface area contributed by atoms with Crippen molar-refractivity contribution < 1.29 is 18.0 Å². The van der Waals surface area contributed by atoms with Gasteiger partial charge in [0, 0.05) is 19.0 Å². The van der Waals surface area contributed by atoms with Crippen LogP contribution in [0.3, 0.4) is 0 Å². The van der Waals surface area contributed by atoms with E-state index in [9.17, 15) is 18.0 Å². The van der Waals surface area contributed by atoms with Crippen LogP contribution < -0.4 is 5.32 Å². The van der Waals surface area contributed by atoms with E-state index in [4.69, 9.17) is 0 Å². The van der Waals surface area contributed by atoms with Gasteiger partial charge in [0.15, 0.2) is 0 Å². The molecular formula is C18H24F3N3O. The van der Waals surface area contributed by atoms with Gasteiger partial charge in [-0.3, -0.25) is 9.48 Å². The van der Waals surface area contributed by atoms with Crippen LogP contribution in [0.15, 0.2) is 0 Å². The number of hydrogen-bond acceptors (Lipinski definition) is 2. The molecule has 4 rings (SSSR count). The van der Waals surface area contributed by atoms with Crippen molar-refractivity contribution in [2.24, 2.45) is 18.4 Å². The van der Waals surface area contributed by atoms with E-state index in [1.54, 1.807) is 11.7 Å². The zero-order valence-electron chi connectivity index (χ0n) is 14.5. The minimum absolute atomic E-state index is 0.0533. The summed E-state index contributed by atoms with van der Waals surface area (Å²) in [6.07, 6.45) is 1.98. The van der Waals surface area contributed by atoms with Gasteiger partial charge in [0.25, 0.3) is 0 Å². The van der Waals surface area contributed by atoms with Crippen molar-refractivity contribution in [3.63, 3.8) is 0 Å². The monoisotopic (exact) mass is 355 g/mol. The van der Waals surface area contributed by atoms with Crippen LogP contribution in [-0.4, -0.2) is 21.9 Å². The molecule has 0 saturated heterocycles. The highest BCUT2D eigenvalue weighted by Gasteiger charge is 2.63. The van der Waals surface area contributed by atoms with Gasteiger partial charge in [0.2, 0.25) is 5.91 Å². The Kier molecular flexibility index (Phi) is 3.88. The minimum atomic E-state index is -4.30. The molecule has 3 aliphatic rings. The number of aromatic nitrogens is 2. The van der Waals surface area contributed by atoms with Gasteiger partial charge in [-0.25, -0.2) is 0 Å². The molecule has 4 nitrogen and oxygen atoms in total. The van der Waals surface area contributed by atoms with Crippen LogP contribution in [0.5, 0.6) is 0 Å². The number of hydrogen-bond donors (Lipinski definition) is 1. The third kappa shape index (κ3) is 3.17. The van der Waals surface area contributed by atoms with Crippen molar-refractivity contribution in [3.05, 3.63) is 11.3 Å². The Labute approximate surface area is 145 Å². The topological polar surface area (TPSA) is 46.9 Å². The number of amides is 1. The minimum Gasteiger partial charge on any atom is -0.311 e. The number of halogens is 3. The maximum Gasteiger partial charge on any atom is 0.395 e. The third-order valence-electron chi connectivity index (χ3n) is 6.06. The van der Waals surface area contributed by atoms with Crippen LogP contribution in [0.25, 0.3) is 0 Å². The van der Waals surface area contributed by atoms with Gasteiger partial charge in [-0.2, -0.15) is 18.3 Å². The van der Waals surface area contributed by atoms with E-state index in [0.717, 1.165) is 36.9 Å². The van der Waals surface area contributed by atoms with Crippen LogP contribution in [0.4, 0.5) is 19.0 Å². The van der Waals surface area contributed by atoms with E-state index in [2.05, 4.69) is 10.4 Å². The Morgan fingerprint density at radius 2 is 1.96 bits per heavy atom. The fourth-order valence-electron chi connectivity index (χ4n) is 3.81. The highest BCUT2D eigenvalue weighted by atomic mass is 19.4. The Morgan fingerprint density at radius 3 is 2.44 bits per heavy atom. The molecule has 1 N–H and O–H groups in total. The van der Waals surface area contributed by atoms with Crippen molar-refractivity contribution >= 4 is 11.7 Å². The third-order valence-corrected chi connectivity index (χ3v) is 6.06. The molecule has 0 aromatic carbocycles. The molecule has 0 atom stereocenters.